The van der Waals surface area contributed by atoms with Crippen molar-refractivity contribution in [2.24, 2.45) is 0 Å². The number of methoxy groups -OCH3 is 1. The van der Waals surface area contributed by atoms with Crippen LogP contribution in [0.3, 0.4) is 0 Å². The lowest BCUT2D eigenvalue weighted by Crippen LogP contribution is -2.47. The summed E-state index contributed by atoms with van der Waals surface area (Å²) in [5, 5.41) is 9.74. The van der Waals surface area contributed by atoms with E-state index < -0.39 is 12.0 Å². The molecule has 1 N–H and O–H groups in total. The van der Waals surface area contributed by atoms with Crippen molar-refractivity contribution in [2.45, 2.75) is 38.3 Å². The first-order valence-electron chi connectivity index (χ1n) is 8.90. The number of hydrogen-bond donors (Lipinski definition) is 1. The minimum Gasteiger partial charge on any atom is -0.496 e. The third kappa shape index (κ3) is 3.73. The molecule has 4 nitrogen and oxygen atoms in total. The lowest BCUT2D eigenvalue weighted by molar-refractivity contribution is -0.145. The van der Waals surface area contributed by atoms with E-state index in [1.807, 2.05) is 36.1 Å². The molecular formula is C21H24FNO3. The van der Waals surface area contributed by atoms with E-state index in [4.69, 9.17) is 4.74 Å². The summed E-state index contributed by atoms with van der Waals surface area (Å²) in [6, 6.07) is 11.4. The van der Waals surface area contributed by atoms with Crippen LogP contribution in [0.2, 0.25) is 0 Å². The summed E-state index contributed by atoms with van der Waals surface area (Å²) in [5.41, 5.74) is 2.68. The molecule has 0 bridgehead atoms. The Morgan fingerprint density at radius 3 is 2.77 bits per heavy atom. The molecule has 2 aromatic carbocycles. The molecule has 1 heterocycles. The molecule has 1 aliphatic rings. The number of carbonyl (C=O) groups is 1. The topological polar surface area (TPSA) is 49.8 Å². The number of hydrogen-bond acceptors (Lipinski definition) is 3. The van der Waals surface area contributed by atoms with Crippen molar-refractivity contribution in [1.82, 2.24) is 4.90 Å². The van der Waals surface area contributed by atoms with Crippen molar-refractivity contribution in [3.8, 4) is 5.75 Å². The predicted octanol–water partition coefficient (Wildman–Crippen LogP) is 4.17. The number of ether oxygens (including phenoxy) is 1. The Hall–Kier alpha value is -2.40. The molecule has 2 aromatic rings. The van der Waals surface area contributed by atoms with Crippen LogP contribution in [0.5, 0.6) is 5.75 Å². The largest absolute Gasteiger partial charge is 0.496 e. The molecule has 5 heteroatoms. The zero-order chi connectivity index (χ0) is 18.7. The number of likely N-dealkylation sites (tertiary alicyclic amines) is 1. The molecule has 138 valence electrons. The molecule has 0 amide bonds. The standard InChI is InChI=1S/C21H24FNO3/c1-14-6-5-7-15(12-14)20(17-13-16(22)9-10-19(17)26-2)23-11-4-3-8-18(23)21(24)25/h5-7,9-10,12-13,18,20H,3-4,8,11H2,1-2H3,(H,24,25). The van der Waals surface area contributed by atoms with Gasteiger partial charge >= 0.3 is 5.97 Å². The Balaban J connectivity index is 2.17. The monoisotopic (exact) mass is 357 g/mol. The Kier molecular flexibility index (Phi) is 5.57. The van der Waals surface area contributed by atoms with Crippen LogP contribution in [0.1, 0.15) is 42.0 Å². The van der Waals surface area contributed by atoms with E-state index in [-0.39, 0.29) is 11.9 Å². The van der Waals surface area contributed by atoms with Crippen LogP contribution in [0.25, 0.3) is 0 Å². The van der Waals surface area contributed by atoms with Gasteiger partial charge in [-0.05, 0) is 50.1 Å². The van der Waals surface area contributed by atoms with Gasteiger partial charge in [-0.2, -0.15) is 0 Å². The highest BCUT2D eigenvalue weighted by atomic mass is 19.1. The first kappa shape index (κ1) is 18.4. The highest BCUT2D eigenvalue weighted by Gasteiger charge is 2.36. The molecule has 1 fully saturated rings. The smallest absolute Gasteiger partial charge is 0.320 e. The molecule has 2 atom stereocenters. The number of carboxylic acid groups (broad SMARTS) is 1. The minimum absolute atomic E-state index is 0.359. The number of nitrogens with zero attached hydrogens (tertiary/aromatic N) is 1. The number of piperidine rings is 1. The van der Waals surface area contributed by atoms with Crippen LogP contribution < -0.4 is 4.74 Å². The molecule has 0 aliphatic carbocycles. The van der Waals surface area contributed by atoms with Crippen LogP contribution in [0, 0.1) is 12.7 Å². The highest BCUT2D eigenvalue weighted by molar-refractivity contribution is 5.73. The van der Waals surface area contributed by atoms with Gasteiger partial charge in [-0.1, -0.05) is 36.2 Å². The summed E-state index contributed by atoms with van der Waals surface area (Å²) < 4.78 is 19.6. The Morgan fingerprint density at radius 2 is 2.08 bits per heavy atom. The molecule has 1 aliphatic heterocycles. The van der Waals surface area contributed by atoms with Crippen molar-refractivity contribution in [2.75, 3.05) is 13.7 Å². The van der Waals surface area contributed by atoms with E-state index >= 15 is 0 Å². The van der Waals surface area contributed by atoms with E-state index in [9.17, 15) is 14.3 Å². The van der Waals surface area contributed by atoms with Crippen LogP contribution in [0.15, 0.2) is 42.5 Å². The molecule has 2 unspecified atom stereocenters. The summed E-state index contributed by atoms with van der Waals surface area (Å²) >= 11 is 0. The number of rotatable bonds is 5. The second-order valence-corrected chi connectivity index (χ2v) is 6.79. The predicted molar refractivity (Wildman–Crippen MR) is 98.0 cm³/mol. The Labute approximate surface area is 153 Å². The van der Waals surface area contributed by atoms with E-state index in [0.717, 1.165) is 24.0 Å². The summed E-state index contributed by atoms with van der Waals surface area (Å²) in [7, 11) is 1.55. The van der Waals surface area contributed by atoms with Gasteiger partial charge in [0.15, 0.2) is 0 Å². The molecule has 0 spiro atoms. The lowest BCUT2D eigenvalue weighted by Gasteiger charge is -2.40. The van der Waals surface area contributed by atoms with E-state index in [1.54, 1.807) is 13.2 Å². The molecule has 0 aromatic heterocycles. The second-order valence-electron chi connectivity index (χ2n) is 6.79. The van der Waals surface area contributed by atoms with Gasteiger partial charge < -0.3 is 9.84 Å². The van der Waals surface area contributed by atoms with Crippen molar-refractivity contribution in [3.63, 3.8) is 0 Å². The maximum Gasteiger partial charge on any atom is 0.320 e. The summed E-state index contributed by atoms with van der Waals surface area (Å²) in [4.78, 5) is 13.8. The zero-order valence-corrected chi connectivity index (χ0v) is 15.1. The second kappa shape index (κ2) is 7.87. The van der Waals surface area contributed by atoms with Crippen LogP contribution in [-0.2, 0) is 4.79 Å². The zero-order valence-electron chi connectivity index (χ0n) is 15.1. The third-order valence-corrected chi connectivity index (χ3v) is 5.01. The van der Waals surface area contributed by atoms with Gasteiger partial charge in [0, 0.05) is 5.56 Å². The fraction of sp³-hybridized carbons (Fsp3) is 0.381. The number of aryl methyl sites for hydroxylation is 1. The van der Waals surface area contributed by atoms with E-state index in [1.165, 1.54) is 12.1 Å². The Bertz CT molecular complexity index is 793. The molecule has 1 saturated heterocycles. The number of carboxylic acids is 1. The number of halogens is 1. The average molecular weight is 357 g/mol. The number of benzene rings is 2. The number of aliphatic carboxylic acids is 1. The first-order valence-corrected chi connectivity index (χ1v) is 8.90. The Morgan fingerprint density at radius 1 is 1.27 bits per heavy atom. The van der Waals surface area contributed by atoms with Gasteiger partial charge in [0.25, 0.3) is 0 Å². The minimum atomic E-state index is -0.835. The molecule has 0 saturated carbocycles. The average Bonchev–Trinajstić information content (AvgIpc) is 2.62. The third-order valence-electron chi connectivity index (χ3n) is 5.01. The van der Waals surface area contributed by atoms with Gasteiger partial charge in [0.05, 0.1) is 13.2 Å². The van der Waals surface area contributed by atoms with Gasteiger partial charge in [-0.15, -0.1) is 0 Å². The van der Waals surface area contributed by atoms with Crippen molar-refractivity contribution in [3.05, 3.63) is 65.0 Å². The van der Waals surface area contributed by atoms with Crippen molar-refractivity contribution in [1.29, 1.82) is 0 Å². The fourth-order valence-electron chi connectivity index (χ4n) is 3.84. The lowest BCUT2D eigenvalue weighted by atomic mass is 9.90. The molecule has 0 radical (unpaired) electrons. The van der Waals surface area contributed by atoms with Gasteiger partial charge in [-0.3, -0.25) is 9.69 Å². The van der Waals surface area contributed by atoms with Gasteiger partial charge in [-0.25, -0.2) is 4.39 Å². The molecular weight excluding hydrogens is 333 g/mol. The normalized spacial score (nSPS) is 19.1. The van der Waals surface area contributed by atoms with Gasteiger partial charge in [0.2, 0.25) is 0 Å². The van der Waals surface area contributed by atoms with E-state index in [0.29, 0.717) is 24.3 Å². The van der Waals surface area contributed by atoms with Crippen LogP contribution in [0.4, 0.5) is 4.39 Å². The summed E-state index contributed by atoms with van der Waals surface area (Å²) in [6.07, 6.45) is 2.40. The molecule has 26 heavy (non-hydrogen) atoms. The van der Waals surface area contributed by atoms with Crippen molar-refractivity contribution < 1.29 is 19.0 Å². The maximum absolute atomic E-state index is 14.1. The van der Waals surface area contributed by atoms with Crippen LogP contribution in [-0.4, -0.2) is 35.7 Å². The maximum atomic E-state index is 14.1. The van der Waals surface area contributed by atoms with Gasteiger partial charge in [0.1, 0.15) is 17.6 Å². The summed E-state index contributed by atoms with van der Waals surface area (Å²) in [6.45, 7) is 2.64. The summed E-state index contributed by atoms with van der Waals surface area (Å²) in [5.74, 6) is -0.632. The SMILES string of the molecule is COc1ccc(F)cc1C(c1cccc(C)c1)N1CCCCC1C(=O)O. The van der Waals surface area contributed by atoms with E-state index in [2.05, 4.69) is 0 Å². The molecule has 3 rings (SSSR count). The van der Waals surface area contributed by atoms with Crippen molar-refractivity contribution >= 4 is 5.97 Å². The van der Waals surface area contributed by atoms with Crippen LogP contribution >= 0.6 is 0 Å². The first-order chi connectivity index (χ1) is 12.5. The highest BCUT2D eigenvalue weighted by Crippen LogP contribution is 2.39. The fourth-order valence-corrected chi connectivity index (χ4v) is 3.84. The quantitative estimate of drug-likeness (QED) is 0.872.